The van der Waals surface area contributed by atoms with Crippen LogP contribution in [-0.2, 0) is 18.9 Å². The number of likely N-dealkylation sites (N-methyl/N-ethyl adjacent to an activating group) is 1. The number of hydrogen-bond acceptors (Lipinski definition) is 5. The van der Waals surface area contributed by atoms with E-state index in [4.69, 9.17) is 18.9 Å². The van der Waals surface area contributed by atoms with Crippen LogP contribution in [-0.4, -0.2) is 76.4 Å². The standard InChI is InChI=1S/C62H113NO4/c1-6-9-12-15-18-21-24-27-30-33-36-39-42-45-48-51-54-64-59(57-63(4)5)61-62(66-56-53-50-47-44-41-38-35-32-29-26-23-20-17-14-11-8-3)60(58-67-61)65-55-52-49-46-43-40-37-34-31-28-25-22-19-16-13-10-7-2/h18-23,27-32,59-62H,6-17,24-26,33-58H2,1-5H3/b21-18-,22-19-,23-20-,30-27-,31-28-,32-29-/t59-,60+,61-,62-/m1/s1. The monoisotopic (exact) mass is 936 g/mol. The minimum absolute atomic E-state index is 0.0238. The number of nitrogens with zero attached hydrogens (tertiary/aromatic N) is 1. The van der Waals surface area contributed by atoms with Crippen LogP contribution in [0.1, 0.15) is 252 Å². The van der Waals surface area contributed by atoms with Gasteiger partial charge in [-0.3, -0.25) is 0 Å². The number of hydrogen-bond donors (Lipinski definition) is 0. The Morgan fingerprint density at radius 3 is 1.10 bits per heavy atom. The van der Waals surface area contributed by atoms with Crippen LogP contribution in [0.25, 0.3) is 0 Å². The van der Waals surface area contributed by atoms with Gasteiger partial charge in [0, 0.05) is 26.4 Å². The first kappa shape index (κ1) is 63.3. The van der Waals surface area contributed by atoms with E-state index < -0.39 is 0 Å². The van der Waals surface area contributed by atoms with Gasteiger partial charge in [0.25, 0.3) is 0 Å². The van der Waals surface area contributed by atoms with Gasteiger partial charge in [-0.15, -0.1) is 0 Å². The molecule has 0 N–H and O–H groups in total. The van der Waals surface area contributed by atoms with Crippen molar-refractivity contribution in [2.75, 3.05) is 47.1 Å². The molecule has 1 aliphatic heterocycles. The SMILES string of the molecule is CCCCC/C=C\C/C=C\CCCCCCCCO[C@H]1[C@@H]([C@@H](CN(C)C)OCCCCCCCC/C=C\C/C=C\CCCCC)OC[C@@H]1OCCCCCCCC/C=C\C/C=C\CCCCC. The molecule has 0 aromatic rings. The molecule has 0 spiro atoms. The van der Waals surface area contributed by atoms with Crippen molar-refractivity contribution >= 4 is 0 Å². The van der Waals surface area contributed by atoms with Gasteiger partial charge in [-0.2, -0.15) is 0 Å². The van der Waals surface area contributed by atoms with Crippen LogP contribution in [0.15, 0.2) is 72.9 Å². The van der Waals surface area contributed by atoms with Gasteiger partial charge in [0.1, 0.15) is 18.3 Å². The lowest BCUT2D eigenvalue weighted by Crippen LogP contribution is -2.47. The van der Waals surface area contributed by atoms with E-state index in [1.54, 1.807) is 0 Å². The Hall–Kier alpha value is -1.76. The van der Waals surface area contributed by atoms with Gasteiger partial charge in [-0.05, 0) is 130 Å². The van der Waals surface area contributed by atoms with Crippen LogP contribution in [0, 0.1) is 0 Å². The van der Waals surface area contributed by atoms with E-state index in [9.17, 15) is 0 Å². The normalized spacial score (nSPS) is 17.6. The summed E-state index contributed by atoms with van der Waals surface area (Å²) in [5.41, 5.74) is 0. The third-order valence-corrected chi connectivity index (χ3v) is 13.1. The van der Waals surface area contributed by atoms with Crippen molar-refractivity contribution < 1.29 is 18.9 Å². The quantitative estimate of drug-likeness (QED) is 0.0449. The molecule has 0 unspecified atom stereocenters. The first-order chi connectivity index (χ1) is 33.1. The highest BCUT2D eigenvalue weighted by Crippen LogP contribution is 2.27. The van der Waals surface area contributed by atoms with Crippen LogP contribution in [0.3, 0.4) is 0 Å². The van der Waals surface area contributed by atoms with Crippen LogP contribution in [0.5, 0.6) is 0 Å². The molecule has 0 saturated carbocycles. The van der Waals surface area contributed by atoms with Crippen molar-refractivity contribution in [1.29, 1.82) is 0 Å². The van der Waals surface area contributed by atoms with Gasteiger partial charge in [0.15, 0.2) is 0 Å². The summed E-state index contributed by atoms with van der Waals surface area (Å²) in [6.45, 7) is 10.6. The molecule has 67 heavy (non-hydrogen) atoms. The molecule has 1 saturated heterocycles. The molecule has 0 amide bonds. The van der Waals surface area contributed by atoms with Gasteiger partial charge in [-0.1, -0.05) is 209 Å². The van der Waals surface area contributed by atoms with E-state index >= 15 is 0 Å². The zero-order chi connectivity index (χ0) is 48.2. The number of rotatable bonds is 51. The zero-order valence-electron chi connectivity index (χ0n) is 45.3. The van der Waals surface area contributed by atoms with E-state index in [-0.39, 0.29) is 24.4 Å². The molecule has 0 bridgehead atoms. The molecule has 0 radical (unpaired) electrons. The third kappa shape index (κ3) is 42.8. The van der Waals surface area contributed by atoms with Gasteiger partial charge in [-0.25, -0.2) is 0 Å². The second-order valence-electron chi connectivity index (χ2n) is 20.0. The van der Waals surface area contributed by atoms with Crippen molar-refractivity contribution in [3.05, 3.63) is 72.9 Å². The minimum Gasteiger partial charge on any atom is -0.374 e. The van der Waals surface area contributed by atoms with Crippen LogP contribution in [0.4, 0.5) is 0 Å². The average molecular weight is 937 g/mol. The molecule has 390 valence electrons. The van der Waals surface area contributed by atoms with E-state index in [1.807, 2.05) is 0 Å². The molecule has 1 fully saturated rings. The van der Waals surface area contributed by atoms with E-state index in [0.29, 0.717) is 6.61 Å². The Labute approximate surface area is 418 Å². The molecule has 5 heteroatoms. The Morgan fingerprint density at radius 1 is 0.403 bits per heavy atom. The maximum Gasteiger partial charge on any atom is 0.115 e. The average Bonchev–Trinajstić information content (AvgIpc) is 3.73. The molecule has 4 atom stereocenters. The minimum atomic E-state index is -0.0996. The summed E-state index contributed by atoms with van der Waals surface area (Å²) in [5.74, 6) is 0. The molecule has 1 heterocycles. The molecular weight excluding hydrogens is 823 g/mol. The first-order valence-corrected chi connectivity index (χ1v) is 29.1. The van der Waals surface area contributed by atoms with Gasteiger partial charge < -0.3 is 23.8 Å². The molecule has 0 aromatic carbocycles. The van der Waals surface area contributed by atoms with Crippen LogP contribution in [0.2, 0.25) is 0 Å². The topological polar surface area (TPSA) is 40.2 Å². The van der Waals surface area contributed by atoms with E-state index in [2.05, 4.69) is 113 Å². The number of allylic oxidation sites excluding steroid dienone is 12. The zero-order valence-corrected chi connectivity index (χ0v) is 45.3. The van der Waals surface area contributed by atoms with Crippen molar-refractivity contribution in [3.63, 3.8) is 0 Å². The first-order valence-electron chi connectivity index (χ1n) is 29.1. The second kappa shape index (κ2) is 52.1. The fourth-order valence-electron chi connectivity index (χ4n) is 8.84. The van der Waals surface area contributed by atoms with E-state index in [1.165, 1.54) is 193 Å². The fourth-order valence-corrected chi connectivity index (χ4v) is 8.84. The molecule has 1 rings (SSSR count). The molecule has 0 aliphatic carbocycles. The van der Waals surface area contributed by atoms with Gasteiger partial charge >= 0.3 is 0 Å². The summed E-state index contributed by atoms with van der Waals surface area (Å²) in [5, 5.41) is 0. The molecule has 5 nitrogen and oxygen atoms in total. The van der Waals surface area contributed by atoms with Gasteiger partial charge in [0.05, 0.1) is 12.7 Å². The Morgan fingerprint density at radius 2 is 0.731 bits per heavy atom. The Balaban J connectivity index is 2.47. The lowest BCUT2D eigenvalue weighted by Gasteiger charge is -2.31. The van der Waals surface area contributed by atoms with Crippen molar-refractivity contribution in [2.24, 2.45) is 0 Å². The van der Waals surface area contributed by atoms with Gasteiger partial charge in [0.2, 0.25) is 0 Å². The molecule has 0 aromatic heterocycles. The van der Waals surface area contributed by atoms with E-state index in [0.717, 1.165) is 64.9 Å². The third-order valence-electron chi connectivity index (χ3n) is 13.1. The highest BCUT2D eigenvalue weighted by Gasteiger charge is 2.44. The van der Waals surface area contributed by atoms with Crippen LogP contribution >= 0.6 is 0 Å². The Kier molecular flexibility index (Phi) is 49.2. The summed E-state index contributed by atoms with van der Waals surface area (Å²) in [6.07, 6.45) is 73.2. The molecule has 1 aliphatic rings. The van der Waals surface area contributed by atoms with Crippen molar-refractivity contribution in [3.8, 4) is 0 Å². The molecular formula is C62H113NO4. The highest BCUT2D eigenvalue weighted by molar-refractivity contribution is 4.95. The maximum atomic E-state index is 6.75. The lowest BCUT2D eigenvalue weighted by molar-refractivity contribution is -0.114. The lowest BCUT2D eigenvalue weighted by atomic mass is 10.0. The predicted molar refractivity (Wildman–Crippen MR) is 296 cm³/mol. The maximum absolute atomic E-state index is 6.75. The summed E-state index contributed by atoms with van der Waals surface area (Å²) in [7, 11) is 4.29. The highest BCUT2D eigenvalue weighted by atomic mass is 16.6. The number of ether oxygens (including phenoxy) is 4. The smallest absolute Gasteiger partial charge is 0.115 e. The largest absolute Gasteiger partial charge is 0.374 e. The predicted octanol–water partition coefficient (Wildman–Crippen LogP) is 18.5. The summed E-state index contributed by atoms with van der Waals surface area (Å²) < 4.78 is 26.6. The summed E-state index contributed by atoms with van der Waals surface area (Å²) in [6, 6.07) is 0. The fraction of sp³-hybridized carbons (Fsp3) is 0.806. The van der Waals surface area contributed by atoms with Crippen molar-refractivity contribution in [2.45, 2.75) is 276 Å². The Bertz CT molecular complexity index is 1170. The van der Waals surface area contributed by atoms with Crippen LogP contribution < -0.4 is 0 Å². The number of unbranched alkanes of at least 4 members (excludes halogenated alkanes) is 27. The van der Waals surface area contributed by atoms with Crippen molar-refractivity contribution in [1.82, 2.24) is 4.90 Å². The second-order valence-corrected chi connectivity index (χ2v) is 20.0. The summed E-state index contributed by atoms with van der Waals surface area (Å²) >= 11 is 0. The summed E-state index contributed by atoms with van der Waals surface area (Å²) in [4.78, 5) is 2.24.